The third kappa shape index (κ3) is 4.39. The normalized spacial score (nSPS) is 21.8. The lowest BCUT2D eigenvalue weighted by Gasteiger charge is -2.25. The molecule has 0 saturated heterocycles. The predicted octanol–water partition coefficient (Wildman–Crippen LogP) is 3.26. The van der Waals surface area contributed by atoms with Gasteiger partial charge in [0.15, 0.2) is 0 Å². The number of benzene rings is 1. The Labute approximate surface area is 126 Å². The van der Waals surface area contributed by atoms with E-state index < -0.39 is 22.3 Å². The van der Waals surface area contributed by atoms with Crippen LogP contribution in [0.15, 0.2) is 18.2 Å². The van der Waals surface area contributed by atoms with Gasteiger partial charge in [-0.05, 0) is 37.7 Å². The molecular weight excluding hydrogens is 299 g/mol. The monoisotopic (exact) mass is 314 g/mol. The molecule has 2 rings (SSSR count). The number of nitrogens with one attached hydrogen (secondary N) is 1. The highest BCUT2D eigenvalue weighted by Gasteiger charge is 2.21. The van der Waals surface area contributed by atoms with Crippen molar-refractivity contribution in [2.45, 2.75) is 31.1 Å². The maximum Gasteiger partial charge on any atom is 0.273 e. The second-order valence-corrected chi connectivity index (χ2v) is 5.90. The Balaban J connectivity index is 1.95. The fraction of sp³-hybridized carbons (Fsp3) is 0.500. The lowest BCUT2D eigenvalue weighted by molar-refractivity contribution is -0.385. The summed E-state index contributed by atoms with van der Waals surface area (Å²) in [5, 5.41) is 13.6. The van der Waals surface area contributed by atoms with Crippen LogP contribution in [0.2, 0.25) is 0 Å². The van der Waals surface area contributed by atoms with Crippen molar-refractivity contribution < 1.29 is 14.1 Å². The summed E-state index contributed by atoms with van der Waals surface area (Å²) in [6, 6.07) is 2.87. The molecule has 0 aromatic heterocycles. The van der Waals surface area contributed by atoms with E-state index in [2.05, 4.69) is 5.32 Å². The SMILES string of the molecule is O=C(NCC1CCC(Cl)CC1)c1cc(F)cc([N+](=O)[O-])c1. The summed E-state index contributed by atoms with van der Waals surface area (Å²) >= 11 is 6.01. The molecule has 0 heterocycles. The fourth-order valence-corrected chi connectivity index (χ4v) is 2.73. The number of nitro groups is 1. The molecule has 0 unspecified atom stereocenters. The van der Waals surface area contributed by atoms with Crippen LogP contribution >= 0.6 is 11.6 Å². The molecule has 21 heavy (non-hydrogen) atoms. The summed E-state index contributed by atoms with van der Waals surface area (Å²) in [6.45, 7) is 0.479. The van der Waals surface area contributed by atoms with E-state index in [-0.39, 0.29) is 10.9 Å². The van der Waals surface area contributed by atoms with Crippen molar-refractivity contribution in [3.05, 3.63) is 39.7 Å². The number of nitrogens with zero attached hydrogens (tertiary/aromatic N) is 1. The molecule has 1 fully saturated rings. The van der Waals surface area contributed by atoms with Crippen LogP contribution in [0, 0.1) is 21.8 Å². The fourth-order valence-electron chi connectivity index (χ4n) is 2.48. The van der Waals surface area contributed by atoms with E-state index in [0.29, 0.717) is 12.5 Å². The second-order valence-electron chi connectivity index (χ2n) is 5.28. The van der Waals surface area contributed by atoms with Gasteiger partial charge in [0.1, 0.15) is 5.82 Å². The molecule has 1 amide bonds. The zero-order chi connectivity index (χ0) is 15.4. The lowest BCUT2D eigenvalue weighted by atomic mass is 9.89. The van der Waals surface area contributed by atoms with Gasteiger partial charge in [0.25, 0.3) is 11.6 Å². The molecule has 1 saturated carbocycles. The van der Waals surface area contributed by atoms with Crippen LogP contribution in [-0.4, -0.2) is 22.8 Å². The van der Waals surface area contributed by atoms with Gasteiger partial charge < -0.3 is 5.32 Å². The highest BCUT2D eigenvalue weighted by atomic mass is 35.5. The van der Waals surface area contributed by atoms with Crippen LogP contribution in [0.3, 0.4) is 0 Å². The number of hydrogen-bond acceptors (Lipinski definition) is 3. The molecule has 0 spiro atoms. The summed E-state index contributed by atoms with van der Waals surface area (Å²) in [5.41, 5.74) is -0.462. The van der Waals surface area contributed by atoms with E-state index in [9.17, 15) is 19.3 Å². The Hall–Kier alpha value is -1.69. The van der Waals surface area contributed by atoms with E-state index in [1.807, 2.05) is 0 Å². The average molecular weight is 315 g/mol. The lowest BCUT2D eigenvalue weighted by Crippen LogP contribution is -2.31. The van der Waals surface area contributed by atoms with Gasteiger partial charge in [-0.25, -0.2) is 4.39 Å². The Morgan fingerprint density at radius 2 is 2.00 bits per heavy atom. The molecule has 7 heteroatoms. The molecule has 1 aliphatic carbocycles. The number of alkyl halides is 1. The van der Waals surface area contributed by atoms with Crippen LogP contribution in [0.4, 0.5) is 10.1 Å². The van der Waals surface area contributed by atoms with Gasteiger partial charge >= 0.3 is 0 Å². The van der Waals surface area contributed by atoms with Gasteiger partial charge in [0.2, 0.25) is 0 Å². The van der Waals surface area contributed by atoms with Crippen molar-refractivity contribution in [2.24, 2.45) is 5.92 Å². The van der Waals surface area contributed by atoms with E-state index >= 15 is 0 Å². The third-order valence-electron chi connectivity index (χ3n) is 3.68. The highest BCUT2D eigenvalue weighted by Crippen LogP contribution is 2.27. The summed E-state index contributed by atoms with van der Waals surface area (Å²) in [5.74, 6) is -0.935. The number of halogens is 2. The largest absolute Gasteiger partial charge is 0.352 e. The van der Waals surface area contributed by atoms with Gasteiger partial charge in [-0.15, -0.1) is 11.6 Å². The maximum absolute atomic E-state index is 13.3. The average Bonchev–Trinajstić information content (AvgIpc) is 2.45. The minimum Gasteiger partial charge on any atom is -0.352 e. The number of carbonyl (C=O) groups is 1. The molecule has 1 aromatic carbocycles. The first kappa shape index (κ1) is 15.7. The van der Waals surface area contributed by atoms with Crippen molar-refractivity contribution in [1.29, 1.82) is 0 Å². The van der Waals surface area contributed by atoms with Crippen LogP contribution in [0.25, 0.3) is 0 Å². The standard InChI is InChI=1S/C14H16ClFN2O3/c15-11-3-1-9(2-4-11)8-17-14(19)10-5-12(16)7-13(6-10)18(20)21/h5-7,9,11H,1-4,8H2,(H,17,19). The zero-order valence-electron chi connectivity index (χ0n) is 11.4. The van der Waals surface area contributed by atoms with Crippen molar-refractivity contribution >= 4 is 23.2 Å². The van der Waals surface area contributed by atoms with E-state index in [0.717, 1.165) is 43.9 Å². The summed E-state index contributed by atoms with van der Waals surface area (Å²) in [4.78, 5) is 21.9. The Kier molecular flexibility index (Phi) is 5.12. The van der Waals surface area contributed by atoms with Gasteiger partial charge in [-0.3, -0.25) is 14.9 Å². The Bertz CT molecular complexity index is 545. The second kappa shape index (κ2) is 6.85. The molecule has 0 aliphatic heterocycles. The molecule has 5 nitrogen and oxygen atoms in total. The summed E-state index contributed by atoms with van der Waals surface area (Å²) in [7, 11) is 0. The van der Waals surface area contributed by atoms with Gasteiger partial charge in [0.05, 0.1) is 11.0 Å². The maximum atomic E-state index is 13.3. The number of carbonyl (C=O) groups excluding carboxylic acids is 1. The molecule has 1 N–H and O–H groups in total. The minimum absolute atomic E-state index is 0.0345. The van der Waals surface area contributed by atoms with Gasteiger partial charge in [-0.1, -0.05) is 0 Å². The molecule has 1 aromatic rings. The van der Waals surface area contributed by atoms with E-state index in [1.165, 1.54) is 0 Å². The quantitative estimate of drug-likeness (QED) is 0.526. The van der Waals surface area contributed by atoms with Crippen molar-refractivity contribution in [2.75, 3.05) is 6.54 Å². The number of rotatable bonds is 4. The van der Waals surface area contributed by atoms with E-state index in [1.54, 1.807) is 0 Å². The number of non-ortho nitro benzene ring substituents is 1. The number of nitro benzene ring substituents is 1. The molecule has 114 valence electrons. The smallest absolute Gasteiger partial charge is 0.273 e. The minimum atomic E-state index is -0.794. The topological polar surface area (TPSA) is 72.2 Å². The van der Waals surface area contributed by atoms with Crippen LogP contribution in [0.1, 0.15) is 36.0 Å². The number of amides is 1. The van der Waals surface area contributed by atoms with E-state index in [4.69, 9.17) is 11.6 Å². The molecular formula is C14H16ClFN2O3. The first-order valence-corrected chi connectivity index (χ1v) is 7.26. The van der Waals surface area contributed by atoms with Crippen LogP contribution in [0.5, 0.6) is 0 Å². The summed E-state index contributed by atoms with van der Waals surface area (Å²) < 4.78 is 13.3. The zero-order valence-corrected chi connectivity index (χ0v) is 12.1. The molecule has 0 bridgehead atoms. The molecule has 1 aliphatic rings. The van der Waals surface area contributed by atoms with Gasteiger partial charge in [0, 0.05) is 23.6 Å². The Morgan fingerprint density at radius 1 is 1.33 bits per heavy atom. The molecule has 0 atom stereocenters. The first-order valence-electron chi connectivity index (χ1n) is 6.83. The summed E-state index contributed by atoms with van der Waals surface area (Å²) in [6.07, 6.45) is 3.73. The molecule has 0 radical (unpaired) electrons. The highest BCUT2D eigenvalue weighted by molar-refractivity contribution is 6.20. The third-order valence-corrected chi connectivity index (χ3v) is 4.12. The predicted molar refractivity (Wildman–Crippen MR) is 77.0 cm³/mol. The van der Waals surface area contributed by atoms with Crippen LogP contribution in [-0.2, 0) is 0 Å². The van der Waals surface area contributed by atoms with Crippen molar-refractivity contribution in [3.8, 4) is 0 Å². The van der Waals surface area contributed by atoms with Crippen LogP contribution < -0.4 is 5.32 Å². The van der Waals surface area contributed by atoms with Crippen molar-refractivity contribution in [3.63, 3.8) is 0 Å². The Morgan fingerprint density at radius 3 is 2.62 bits per heavy atom. The van der Waals surface area contributed by atoms with Crippen molar-refractivity contribution in [1.82, 2.24) is 5.32 Å². The van der Waals surface area contributed by atoms with Gasteiger partial charge in [-0.2, -0.15) is 0 Å². The first-order chi connectivity index (χ1) is 9.95. The number of hydrogen-bond donors (Lipinski definition) is 1.